The second-order valence-corrected chi connectivity index (χ2v) is 11.4. The van der Waals surface area contributed by atoms with Crippen LogP contribution in [0.2, 0.25) is 0 Å². The summed E-state index contributed by atoms with van der Waals surface area (Å²) in [6.45, 7) is 5.48. The first-order valence-corrected chi connectivity index (χ1v) is 14.7. The molecule has 0 fully saturated rings. The number of aryl methyl sites for hydroxylation is 2. The number of likely N-dealkylation sites (N-methyl/N-ethyl adjacent to an activating group) is 1. The largest absolute Gasteiger partial charge is 0.497 e. The average Bonchev–Trinajstić information content (AvgIpc) is 2.90. The van der Waals surface area contributed by atoms with Crippen LogP contribution in [0.1, 0.15) is 29.2 Å². The molecule has 0 radical (unpaired) electrons. The maximum Gasteiger partial charge on any atom is 0.244 e. The van der Waals surface area contributed by atoms with E-state index in [9.17, 15) is 18.0 Å². The van der Waals surface area contributed by atoms with Crippen molar-refractivity contribution in [1.82, 2.24) is 10.2 Å². The monoisotopic (exact) mass is 551 g/mol. The van der Waals surface area contributed by atoms with Crippen LogP contribution in [-0.4, -0.2) is 57.6 Å². The Labute approximate surface area is 231 Å². The molecule has 208 valence electrons. The molecule has 39 heavy (non-hydrogen) atoms. The van der Waals surface area contributed by atoms with Gasteiger partial charge in [-0.25, -0.2) is 8.42 Å². The SMILES string of the molecule is CCNC(=O)[C@H](Cc1ccccc1)N(Cc1cccc(OC)c1)C(=O)CN(c1c(C)cccc1C)S(C)(=O)=O. The molecule has 0 heterocycles. The van der Waals surface area contributed by atoms with Crippen molar-refractivity contribution in [2.24, 2.45) is 0 Å². The van der Waals surface area contributed by atoms with E-state index >= 15 is 0 Å². The molecule has 0 spiro atoms. The van der Waals surface area contributed by atoms with Gasteiger partial charge in [0.2, 0.25) is 21.8 Å². The minimum Gasteiger partial charge on any atom is -0.497 e. The fraction of sp³-hybridized carbons (Fsp3) is 0.333. The topological polar surface area (TPSA) is 96.0 Å². The van der Waals surface area contributed by atoms with Gasteiger partial charge in [0, 0.05) is 19.5 Å². The molecule has 3 aromatic rings. The number of hydrogen-bond donors (Lipinski definition) is 1. The Morgan fingerprint density at radius 3 is 2.13 bits per heavy atom. The summed E-state index contributed by atoms with van der Waals surface area (Å²) in [5.41, 5.74) is 3.57. The summed E-state index contributed by atoms with van der Waals surface area (Å²) in [5, 5.41) is 2.85. The number of methoxy groups -OCH3 is 1. The van der Waals surface area contributed by atoms with Gasteiger partial charge in [0.1, 0.15) is 18.3 Å². The highest BCUT2D eigenvalue weighted by Gasteiger charge is 2.33. The number of amides is 2. The van der Waals surface area contributed by atoms with E-state index in [2.05, 4.69) is 5.32 Å². The molecule has 0 aliphatic rings. The normalized spacial score (nSPS) is 11.9. The number of carbonyl (C=O) groups excluding carboxylic acids is 2. The number of para-hydroxylation sites is 1. The van der Waals surface area contributed by atoms with E-state index in [1.165, 1.54) is 4.90 Å². The van der Waals surface area contributed by atoms with Gasteiger partial charge >= 0.3 is 0 Å². The number of anilines is 1. The number of nitrogens with zero attached hydrogens (tertiary/aromatic N) is 2. The van der Waals surface area contributed by atoms with Crippen molar-refractivity contribution in [3.05, 3.63) is 95.1 Å². The van der Waals surface area contributed by atoms with Crippen LogP contribution >= 0.6 is 0 Å². The first-order chi connectivity index (χ1) is 18.5. The van der Waals surface area contributed by atoms with Crippen molar-refractivity contribution in [1.29, 1.82) is 0 Å². The van der Waals surface area contributed by atoms with Crippen LogP contribution in [0, 0.1) is 13.8 Å². The molecule has 0 saturated heterocycles. The highest BCUT2D eigenvalue weighted by molar-refractivity contribution is 7.92. The van der Waals surface area contributed by atoms with Crippen molar-refractivity contribution < 1.29 is 22.7 Å². The smallest absolute Gasteiger partial charge is 0.244 e. The maximum atomic E-state index is 14.1. The number of rotatable bonds is 12. The lowest BCUT2D eigenvalue weighted by molar-refractivity contribution is -0.140. The second kappa shape index (κ2) is 13.3. The minimum atomic E-state index is -3.82. The van der Waals surface area contributed by atoms with E-state index in [-0.39, 0.29) is 18.9 Å². The molecular formula is C30H37N3O5S. The molecule has 2 amide bonds. The lowest BCUT2D eigenvalue weighted by Gasteiger charge is -2.34. The van der Waals surface area contributed by atoms with Gasteiger partial charge in [-0.1, -0.05) is 60.7 Å². The number of carbonyl (C=O) groups is 2. The van der Waals surface area contributed by atoms with Gasteiger partial charge in [-0.15, -0.1) is 0 Å². The fourth-order valence-electron chi connectivity index (χ4n) is 4.59. The van der Waals surface area contributed by atoms with Crippen LogP contribution in [0.15, 0.2) is 72.8 Å². The van der Waals surface area contributed by atoms with E-state index in [1.54, 1.807) is 19.2 Å². The van der Waals surface area contributed by atoms with E-state index in [0.29, 0.717) is 18.0 Å². The molecule has 0 aliphatic carbocycles. The van der Waals surface area contributed by atoms with Crippen molar-refractivity contribution in [3.63, 3.8) is 0 Å². The van der Waals surface area contributed by atoms with Crippen LogP contribution in [0.4, 0.5) is 5.69 Å². The van der Waals surface area contributed by atoms with Crippen LogP contribution in [0.25, 0.3) is 0 Å². The molecule has 0 unspecified atom stereocenters. The molecular weight excluding hydrogens is 514 g/mol. The first kappa shape index (κ1) is 29.7. The number of nitrogens with one attached hydrogen (secondary N) is 1. The number of hydrogen-bond acceptors (Lipinski definition) is 5. The van der Waals surface area contributed by atoms with Gasteiger partial charge in [-0.3, -0.25) is 13.9 Å². The van der Waals surface area contributed by atoms with E-state index in [1.807, 2.05) is 81.4 Å². The molecule has 0 aromatic heterocycles. The molecule has 3 rings (SSSR count). The van der Waals surface area contributed by atoms with E-state index in [4.69, 9.17) is 4.74 Å². The molecule has 0 bridgehead atoms. The lowest BCUT2D eigenvalue weighted by atomic mass is 10.0. The highest BCUT2D eigenvalue weighted by Crippen LogP contribution is 2.27. The van der Waals surface area contributed by atoms with Crippen molar-refractivity contribution in [2.45, 2.75) is 39.8 Å². The molecule has 9 heteroatoms. The molecule has 1 atom stereocenters. The van der Waals surface area contributed by atoms with Crippen LogP contribution in [0.5, 0.6) is 5.75 Å². The number of ether oxygens (including phenoxy) is 1. The standard InChI is InChI=1S/C30H37N3O5S/c1-6-31-30(35)27(19-24-14-8-7-9-15-24)32(20-25-16-11-17-26(18-25)38-4)28(34)21-33(39(5,36)37)29-22(2)12-10-13-23(29)3/h7-18,27H,6,19-21H2,1-5H3,(H,31,35)/t27-/m0/s1. The number of benzene rings is 3. The summed E-state index contributed by atoms with van der Waals surface area (Å²) in [7, 11) is -2.27. The zero-order valence-corrected chi connectivity index (χ0v) is 24.0. The van der Waals surface area contributed by atoms with Crippen LogP contribution < -0.4 is 14.4 Å². The second-order valence-electron chi connectivity index (χ2n) is 9.48. The van der Waals surface area contributed by atoms with Gasteiger partial charge in [0.25, 0.3) is 0 Å². The third kappa shape index (κ3) is 7.83. The van der Waals surface area contributed by atoms with Crippen molar-refractivity contribution >= 4 is 27.5 Å². The van der Waals surface area contributed by atoms with Crippen molar-refractivity contribution in [3.8, 4) is 5.75 Å². The third-order valence-electron chi connectivity index (χ3n) is 6.48. The van der Waals surface area contributed by atoms with Gasteiger partial charge < -0.3 is 15.0 Å². The Morgan fingerprint density at radius 1 is 0.923 bits per heavy atom. The molecule has 0 aliphatic heterocycles. The lowest BCUT2D eigenvalue weighted by Crippen LogP contribution is -2.53. The Bertz CT molecular complexity index is 1370. The third-order valence-corrected chi connectivity index (χ3v) is 7.59. The summed E-state index contributed by atoms with van der Waals surface area (Å²) in [6.07, 6.45) is 1.36. The zero-order valence-electron chi connectivity index (χ0n) is 23.2. The Kier molecular flexibility index (Phi) is 10.1. The van der Waals surface area contributed by atoms with Crippen LogP contribution in [0.3, 0.4) is 0 Å². The summed E-state index contributed by atoms with van der Waals surface area (Å²) < 4.78 is 32.5. The average molecular weight is 552 g/mol. The zero-order chi connectivity index (χ0) is 28.6. The minimum absolute atomic E-state index is 0.0923. The quantitative estimate of drug-likeness (QED) is 0.369. The van der Waals surface area contributed by atoms with Crippen molar-refractivity contribution in [2.75, 3.05) is 30.8 Å². The Hall–Kier alpha value is -3.85. The molecule has 3 aromatic carbocycles. The van der Waals surface area contributed by atoms with Gasteiger partial charge in [0.15, 0.2) is 0 Å². The van der Waals surface area contributed by atoms with E-state index < -0.39 is 28.5 Å². The molecule has 0 saturated carbocycles. The first-order valence-electron chi connectivity index (χ1n) is 12.8. The summed E-state index contributed by atoms with van der Waals surface area (Å²) in [6, 6.07) is 21.3. The predicted molar refractivity (Wildman–Crippen MR) is 154 cm³/mol. The maximum absolute atomic E-state index is 14.1. The number of sulfonamides is 1. The molecule has 1 N–H and O–H groups in total. The Morgan fingerprint density at radius 2 is 1.54 bits per heavy atom. The fourth-order valence-corrected chi connectivity index (χ4v) is 5.55. The molecule has 8 nitrogen and oxygen atoms in total. The van der Waals surface area contributed by atoms with Gasteiger partial charge in [-0.05, 0) is 55.2 Å². The Balaban J connectivity index is 2.09. The summed E-state index contributed by atoms with van der Waals surface area (Å²) >= 11 is 0. The van der Waals surface area contributed by atoms with Crippen LogP contribution in [-0.2, 0) is 32.6 Å². The summed E-state index contributed by atoms with van der Waals surface area (Å²) in [5.74, 6) is -0.181. The predicted octanol–water partition coefficient (Wildman–Crippen LogP) is 3.85. The van der Waals surface area contributed by atoms with E-state index in [0.717, 1.165) is 32.8 Å². The van der Waals surface area contributed by atoms with Gasteiger partial charge in [0.05, 0.1) is 19.1 Å². The summed E-state index contributed by atoms with van der Waals surface area (Å²) in [4.78, 5) is 29.0. The highest BCUT2D eigenvalue weighted by atomic mass is 32.2. The van der Waals surface area contributed by atoms with Gasteiger partial charge in [-0.2, -0.15) is 0 Å².